The van der Waals surface area contributed by atoms with Gasteiger partial charge in [-0.15, -0.1) is 0 Å². The SMILES string of the molecule is COc1cc2ncnc(Oc3ccc(N)cc3)c2cc1OC.COc1cc2ncnc(Oc3ccc(NC(=O)Nc4cc(C)no4)cc3)c2cc1OC. The van der Waals surface area contributed by atoms with E-state index in [-0.39, 0.29) is 5.88 Å². The largest absolute Gasteiger partial charge is 0.493 e. The monoisotopic (exact) mass is 718 g/mol. The number of hydrogen-bond donors (Lipinski definition) is 3. The molecule has 0 spiro atoms. The van der Waals surface area contributed by atoms with Gasteiger partial charge in [0.2, 0.25) is 17.6 Å². The van der Waals surface area contributed by atoms with E-state index in [1.165, 1.54) is 12.7 Å². The Kier molecular flexibility index (Phi) is 10.8. The van der Waals surface area contributed by atoms with Crippen molar-refractivity contribution in [2.75, 3.05) is 44.8 Å². The molecule has 7 aromatic rings. The minimum absolute atomic E-state index is 0.262. The highest BCUT2D eigenvalue weighted by Crippen LogP contribution is 2.37. The molecule has 0 bridgehead atoms. The van der Waals surface area contributed by atoms with Crippen molar-refractivity contribution < 1.29 is 37.7 Å². The van der Waals surface area contributed by atoms with E-state index in [9.17, 15) is 4.79 Å². The average Bonchev–Trinajstić information content (AvgIpc) is 3.59. The van der Waals surface area contributed by atoms with Crippen LogP contribution >= 0.6 is 0 Å². The van der Waals surface area contributed by atoms with Crippen LogP contribution in [0, 0.1) is 6.92 Å². The molecule has 0 saturated carbocycles. The summed E-state index contributed by atoms with van der Waals surface area (Å²) in [5.74, 6) is 4.55. The summed E-state index contributed by atoms with van der Waals surface area (Å²) in [5.41, 5.74) is 8.94. The first-order valence-corrected chi connectivity index (χ1v) is 15.8. The molecule has 16 heteroatoms. The number of anilines is 3. The zero-order valence-corrected chi connectivity index (χ0v) is 29.2. The Hall–Kier alpha value is -7.36. The Morgan fingerprint density at radius 2 is 1.09 bits per heavy atom. The first-order valence-electron chi connectivity index (χ1n) is 15.8. The van der Waals surface area contributed by atoms with Crippen molar-refractivity contribution in [1.29, 1.82) is 0 Å². The van der Waals surface area contributed by atoms with Crippen molar-refractivity contribution in [2.24, 2.45) is 0 Å². The molecule has 0 fully saturated rings. The highest BCUT2D eigenvalue weighted by molar-refractivity contribution is 5.99. The lowest BCUT2D eigenvalue weighted by molar-refractivity contribution is 0.261. The highest BCUT2D eigenvalue weighted by Gasteiger charge is 2.14. The first kappa shape index (κ1) is 35.5. The van der Waals surface area contributed by atoms with Crippen LogP contribution in [0.4, 0.5) is 22.1 Å². The smallest absolute Gasteiger partial charge is 0.326 e. The zero-order valence-electron chi connectivity index (χ0n) is 29.2. The number of rotatable bonds is 10. The number of methoxy groups -OCH3 is 4. The molecule has 0 aliphatic rings. The van der Waals surface area contributed by atoms with E-state index in [0.29, 0.717) is 79.7 Å². The van der Waals surface area contributed by atoms with Crippen LogP contribution in [-0.4, -0.2) is 59.6 Å². The second-order valence-electron chi connectivity index (χ2n) is 11.0. The summed E-state index contributed by atoms with van der Waals surface area (Å²) < 4.78 is 37.9. The Morgan fingerprint density at radius 3 is 1.55 bits per heavy atom. The molecule has 0 radical (unpaired) electrons. The number of urea groups is 1. The molecule has 2 amide bonds. The van der Waals surface area contributed by atoms with Crippen LogP contribution < -0.4 is 44.8 Å². The summed E-state index contributed by atoms with van der Waals surface area (Å²) in [5, 5.41) is 10.4. The van der Waals surface area contributed by atoms with Gasteiger partial charge in [-0.3, -0.25) is 5.32 Å². The summed E-state index contributed by atoms with van der Waals surface area (Å²) in [6, 6.07) is 22.2. The molecule has 3 heterocycles. The minimum atomic E-state index is -0.451. The van der Waals surface area contributed by atoms with Gasteiger partial charge in [0.05, 0.1) is 55.9 Å². The third-order valence-corrected chi connectivity index (χ3v) is 7.49. The van der Waals surface area contributed by atoms with Crippen LogP contribution in [0.2, 0.25) is 0 Å². The number of amides is 2. The number of carbonyl (C=O) groups is 1. The normalized spacial score (nSPS) is 10.5. The molecule has 0 unspecified atom stereocenters. The van der Waals surface area contributed by atoms with Gasteiger partial charge in [0, 0.05) is 29.6 Å². The molecular weight excluding hydrogens is 684 g/mol. The number of aromatic nitrogens is 5. The Bertz CT molecular complexity index is 2350. The highest BCUT2D eigenvalue weighted by atomic mass is 16.5. The third kappa shape index (κ3) is 8.51. The molecule has 0 aliphatic heterocycles. The third-order valence-electron chi connectivity index (χ3n) is 7.49. The Balaban J connectivity index is 0.000000192. The molecule has 16 nitrogen and oxygen atoms in total. The molecule has 0 saturated heterocycles. The van der Waals surface area contributed by atoms with Crippen molar-refractivity contribution >= 4 is 45.1 Å². The number of fused-ring (bicyclic) bond motifs is 2. The Morgan fingerprint density at radius 1 is 0.623 bits per heavy atom. The van der Waals surface area contributed by atoms with E-state index in [4.69, 9.17) is 38.7 Å². The number of carbonyl (C=O) groups excluding carboxylic acids is 1. The summed E-state index contributed by atoms with van der Waals surface area (Å²) >= 11 is 0. The maximum Gasteiger partial charge on any atom is 0.326 e. The lowest BCUT2D eigenvalue weighted by Crippen LogP contribution is -2.18. The van der Waals surface area contributed by atoms with Crippen molar-refractivity contribution in [3.63, 3.8) is 0 Å². The lowest BCUT2D eigenvalue weighted by Gasteiger charge is -2.12. The van der Waals surface area contributed by atoms with Gasteiger partial charge in [0.1, 0.15) is 24.2 Å². The van der Waals surface area contributed by atoms with Gasteiger partial charge >= 0.3 is 6.03 Å². The fourth-order valence-electron chi connectivity index (χ4n) is 4.94. The number of nitrogens with two attached hydrogens (primary N) is 1. The van der Waals surface area contributed by atoms with Gasteiger partial charge in [0.25, 0.3) is 0 Å². The van der Waals surface area contributed by atoms with Crippen molar-refractivity contribution in [2.45, 2.75) is 6.92 Å². The number of benzene rings is 4. The van der Waals surface area contributed by atoms with Crippen LogP contribution in [0.3, 0.4) is 0 Å². The van der Waals surface area contributed by atoms with E-state index in [2.05, 4.69) is 35.7 Å². The van der Waals surface area contributed by atoms with Gasteiger partial charge in [0.15, 0.2) is 23.0 Å². The average molecular weight is 719 g/mol. The summed E-state index contributed by atoms with van der Waals surface area (Å²) in [4.78, 5) is 29.0. The molecule has 4 N–H and O–H groups in total. The molecule has 4 aromatic carbocycles. The van der Waals surface area contributed by atoms with Crippen LogP contribution in [0.5, 0.6) is 46.3 Å². The molecule has 7 rings (SSSR count). The van der Waals surface area contributed by atoms with E-state index in [1.54, 1.807) is 114 Å². The van der Waals surface area contributed by atoms with Crippen molar-refractivity contribution in [3.05, 3.63) is 97.2 Å². The topological polar surface area (TPSA) is 200 Å². The lowest BCUT2D eigenvalue weighted by atomic mass is 10.2. The van der Waals surface area contributed by atoms with Crippen LogP contribution in [0.15, 0.2) is 96.0 Å². The minimum Gasteiger partial charge on any atom is -0.493 e. The quantitative estimate of drug-likeness (QED) is 0.118. The van der Waals surface area contributed by atoms with E-state index in [0.717, 1.165) is 5.39 Å². The predicted octanol–water partition coefficient (Wildman–Crippen LogP) is 7.40. The fraction of sp³-hybridized carbons (Fsp3) is 0.135. The van der Waals surface area contributed by atoms with Crippen LogP contribution in [0.1, 0.15) is 5.69 Å². The number of hydrogen-bond acceptors (Lipinski definition) is 14. The molecule has 270 valence electrons. The molecule has 0 aliphatic carbocycles. The first-order chi connectivity index (χ1) is 25.8. The fourth-order valence-corrected chi connectivity index (χ4v) is 4.94. The van der Waals surface area contributed by atoms with Gasteiger partial charge in [-0.1, -0.05) is 5.16 Å². The molecule has 3 aromatic heterocycles. The second-order valence-corrected chi connectivity index (χ2v) is 11.0. The van der Waals surface area contributed by atoms with E-state index < -0.39 is 6.03 Å². The number of aryl methyl sites for hydroxylation is 1. The van der Waals surface area contributed by atoms with Crippen LogP contribution in [0.25, 0.3) is 21.8 Å². The molecule has 0 atom stereocenters. The molecular formula is C37H34N8O8. The standard InChI is InChI=1S/C21H19N5O5.C16H15N3O3/c1-12-8-19(31-26-12)25-21(27)24-13-4-6-14(7-5-13)30-20-15-9-17(28-2)18(29-3)10-16(15)22-11-23-20;1-20-14-7-12-13(8-15(14)21-2)18-9-19-16(12)22-11-5-3-10(17)4-6-11/h4-11H,1-3H3,(H2,24,25,27);3-9H,17H2,1-2H3. The van der Waals surface area contributed by atoms with Crippen molar-refractivity contribution in [3.8, 4) is 46.3 Å². The summed E-state index contributed by atoms with van der Waals surface area (Å²) in [6.07, 6.45) is 2.86. The van der Waals surface area contributed by atoms with Gasteiger partial charge in [-0.05, 0) is 67.6 Å². The summed E-state index contributed by atoms with van der Waals surface area (Å²) in [7, 11) is 6.27. The number of nitrogens with zero attached hydrogens (tertiary/aromatic N) is 5. The molecule has 53 heavy (non-hydrogen) atoms. The maximum absolute atomic E-state index is 12.0. The zero-order chi connectivity index (χ0) is 37.3. The van der Waals surface area contributed by atoms with E-state index in [1.807, 2.05) is 0 Å². The summed E-state index contributed by atoms with van der Waals surface area (Å²) in [6.45, 7) is 1.76. The van der Waals surface area contributed by atoms with Gasteiger partial charge < -0.3 is 44.0 Å². The van der Waals surface area contributed by atoms with Gasteiger partial charge in [-0.2, -0.15) is 0 Å². The van der Waals surface area contributed by atoms with Gasteiger partial charge in [-0.25, -0.2) is 24.7 Å². The second kappa shape index (κ2) is 16.1. The van der Waals surface area contributed by atoms with Crippen molar-refractivity contribution in [1.82, 2.24) is 25.1 Å². The number of nitrogens with one attached hydrogen (secondary N) is 2. The maximum atomic E-state index is 12.0. The number of ether oxygens (including phenoxy) is 6. The number of nitrogen functional groups attached to an aromatic ring is 1. The van der Waals surface area contributed by atoms with E-state index >= 15 is 0 Å². The predicted molar refractivity (Wildman–Crippen MR) is 197 cm³/mol. The van der Waals surface area contributed by atoms with Crippen LogP contribution in [-0.2, 0) is 0 Å². The Labute approximate surface area is 302 Å².